The summed E-state index contributed by atoms with van der Waals surface area (Å²) in [4.78, 5) is 0. The van der Waals surface area contributed by atoms with Gasteiger partial charge in [-0.05, 0) is 19.3 Å². The zero-order valence-electron chi connectivity index (χ0n) is 9.20. The van der Waals surface area contributed by atoms with Crippen molar-refractivity contribution in [3.05, 3.63) is 11.4 Å². The second kappa shape index (κ2) is 3.59. The van der Waals surface area contributed by atoms with Crippen molar-refractivity contribution in [1.29, 1.82) is 0 Å². The lowest BCUT2D eigenvalue weighted by atomic mass is 9.91. The summed E-state index contributed by atoms with van der Waals surface area (Å²) in [5, 5.41) is 7.53. The lowest BCUT2D eigenvalue weighted by molar-refractivity contribution is -0.801. The summed E-state index contributed by atoms with van der Waals surface area (Å²) in [5.41, 5.74) is 2.43. The molecule has 0 aromatic carbocycles. The highest BCUT2D eigenvalue weighted by molar-refractivity contribution is 5.03. The maximum absolute atomic E-state index is 5.93. The van der Waals surface area contributed by atoms with E-state index in [-0.39, 0.29) is 0 Å². The summed E-state index contributed by atoms with van der Waals surface area (Å²) < 4.78 is 8.18. The fourth-order valence-electron chi connectivity index (χ4n) is 2.84. The second-order valence-corrected chi connectivity index (χ2v) is 4.53. The highest BCUT2D eigenvalue weighted by atomic mass is 16.5. The Kier molecular flexibility index (Phi) is 2.24. The first kappa shape index (κ1) is 9.33. The van der Waals surface area contributed by atoms with E-state index in [0.29, 0.717) is 12.1 Å². The van der Waals surface area contributed by atoms with Crippen LogP contribution in [0.15, 0.2) is 0 Å². The van der Waals surface area contributed by atoms with Gasteiger partial charge < -0.3 is 4.74 Å². The fourth-order valence-corrected chi connectivity index (χ4v) is 2.84. The van der Waals surface area contributed by atoms with Gasteiger partial charge in [-0.25, -0.2) is 0 Å². The summed E-state index contributed by atoms with van der Waals surface area (Å²) in [6, 6.07) is 0.510. The first-order valence-corrected chi connectivity index (χ1v) is 5.99. The summed E-state index contributed by atoms with van der Waals surface area (Å²) in [5.74, 6) is 0. The molecule has 15 heavy (non-hydrogen) atoms. The van der Waals surface area contributed by atoms with Gasteiger partial charge in [0.15, 0.2) is 5.69 Å². The Morgan fingerprint density at radius 1 is 1.47 bits per heavy atom. The Morgan fingerprint density at radius 3 is 3.20 bits per heavy atom. The van der Waals surface area contributed by atoms with Crippen LogP contribution in [0.25, 0.3) is 0 Å². The molecule has 2 unspecified atom stereocenters. The second-order valence-electron chi connectivity index (χ2n) is 4.53. The maximum Gasteiger partial charge on any atom is 0.223 e. The first-order valence-electron chi connectivity index (χ1n) is 5.99. The third-order valence-corrected chi connectivity index (χ3v) is 3.68. The van der Waals surface area contributed by atoms with E-state index >= 15 is 0 Å². The minimum absolute atomic E-state index is 0.418. The lowest BCUT2D eigenvalue weighted by Crippen LogP contribution is -2.55. The van der Waals surface area contributed by atoms with Gasteiger partial charge in [0, 0.05) is 11.5 Å². The third-order valence-electron chi connectivity index (χ3n) is 3.68. The van der Waals surface area contributed by atoms with Gasteiger partial charge >= 0.3 is 0 Å². The molecule has 82 valence electrons. The number of fused-ring (bicyclic) bond motifs is 3. The molecule has 0 saturated heterocycles. The largest absolute Gasteiger partial charge is 0.365 e. The summed E-state index contributed by atoms with van der Waals surface area (Å²) in [7, 11) is 0. The van der Waals surface area contributed by atoms with Gasteiger partial charge in [0.1, 0.15) is 18.8 Å². The maximum atomic E-state index is 5.93. The molecule has 4 heteroatoms. The normalized spacial score (nSPS) is 29.7. The Balaban J connectivity index is 1.97. The predicted molar refractivity (Wildman–Crippen MR) is 54.2 cm³/mol. The standard InChI is InChI=1S/C11H17N3O/c1-2-8-10-7-15-11-6-4-3-5-9(11)14(10)13-12-8/h9,11H,2-7H2,1H3/p+1. The minimum atomic E-state index is 0.418. The van der Waals surface area contributed by atoms with Crippen LogP contribution in [0, 0.1) is 0 Å². The number of aromatic amines is 1. The number of hydrogen-bond acceptors (Lipinski definition) is 2. The molecule has 3 rings (SSSR count). The molecular formula is C11H18N3O+. The van der Waals surface area contributed by atoms with E-state index in [0.717, 1.165) is 13.0 Å². The molecule has 1 saturated carbocycles. The van der Waals surface area contributed by atoms with Crippen molar-refractivity contribution in [2.24, 2.45) is 0 Å². The summed E-state index contributed by atoms with van der Waals surface area (Å²) >= 11 is 0. The Bertz CT molecular complexity index is 361. The fraction of sp³-hybridized carbons (Fsp3) is 0.818. The van der Waals surface area contributed by atoms with Crippen LogP contribution in [0.3, 0.4) is 0 Å². The highest BCUT2D eigenvalue weighted by Gasteiger charge is 2.39. The van der Waals surface area contributed by atoms with Crippen LogP contribution in [0.4, 0.5) is 0 Å². The number of nitrogens with zero attached hydrogens (tertiary/aromatic N) is 2. The van der Waals surface area contributed by atoms with E-state index in [1.807, 2.05) is 0 Å². The molecule has 1 aliphatic heterocycles. The van der Waals surface area contributed by atoms with Gasteiger partial charge in [0.05, 0.1) is 0 Å². The molecule has 4 nitrogen and oxygen atoms in total. The van der Waals surface area contributed by atoms with E-state index in [4.69, 9.17) is 4.74 Å². The number of ether oxygens (including phenoxy) is 1. The van der Waals surface area contributed by atoms with Crippen LogP contribution in [-0.4, -0.2) is 16.4 Å². The molecule has 0 radical (unpaired) electrons. The van der Waals surface area contributed by atoms with E-state index in [1.165, 1.54) is 37.1 Å². The molecule has 2 heterocycles. The topological polar surface area (TPSA) is 41.8 Å². The van der Waals surface area contributed by atoms with E-state index < -0.39 is 0 Å². The molecule has 1 aliphatic carbocycles. The molecule has 1 N–H and O–H groups in total. The van der Waals surface area contributed by atoms with Crippen molar-refractivity contribution < 1.29 is 9.42 Å². The molecule has 0 spiro atoms. The summed E-state index contributed by atoms with van der Waals surface area (Å²) in [6.45, 7) is 2.88. The average molecular weight is 208 g/mol. The third kappa shape index (κ3) is 1.39. The van der Waals surface area contributed by atoms with Crippen molar-refractivity contribution in [3.63, 3.8) is 0 Å². The van der Waals surface area contributed by atoms with Gasteiger partial charge in [0.2, 0.25) is 5.69 Å². The number of hydrogen-bond donors (Lipinski definition) is 1. The van der Waals surface area contributed by atoms with Crippen LogP contribution in [-0.2, 0) is 17.8 Å². The number of aromatic nitrogens is 3. The van der Waals surface area contributed by atoms with Gasteiger partial charge in [0.25, 0.3) is 0 Å². The van der Waals surface area contributed by atoms with E-state index in [9.17, 15) is 0 Å². The van der Waals surface area contributed by atoms with Gasteiger partial charge in [-0.3, -0.25) is 0 Å². The van der Waals surface area contributed by atoms with Crippen LogP contribution < -0.4 is 4.68 Å². The van der Waals surface area contributed by atoms with Crippen LogP contribution in [0.1, 0.15) is 50.0 Å². The van der Waals surface area contributed by atoms with Crippen molar-refractivity contribution >= 4 is 0 Å². The minimum Gasteiger partial charge on any atom is -0.365 e. The Labute approximate surface area is 89.6 Å². The molecule has 0 amide bonds. The van der Waals surface area contributed by atoms with Crippen molar-refractivity contribution in [1.82, 2.24) is 10.3 Å². The lowest BCUT2D eigenvalue weighted by Gasteiger charge is -2.32. The average Bonchev–Trinajstić information content (AvgIpc) is 2.72. The number of rotatable bonds is 1. The monoisotopic (exact) mass is 208 g/mol. The molecule has 2 aliphatic rings. The molecule has 1 fully saturated rings. The van der Waals surface area contributed by atoms with Crippen molar-refractivity contribution in [2.75, 3.05) is 0 Å². The van der Waals surface area contributed by atoms with E-state index in [1.54, 1.807) is 0 Å². The zero-order valence-corrected chi connectivity index (χ0v) is 9.20. The van der Waals surface area contributed by atoms with Crippen molar-refractivity contribution in [3.8, 4) is 0 Å². The predicted octanol–water partition coefficient (Wildman–Crippen LogP) is 1.27. The smallest absolute Gasteiger partial charge is 0.223 e. The number of nitrogens with one attached hydrogen (secondary N) is 1. The number of H-pyrrole nitrogens is 1. The molecule has 1 aromatic heterocycles. The van der Waals surface area contributed by atoms with Crippen LogP contribution >= 0.6 is 0 Å². The molecular weight excluding hydrogens is 190 g/mol. The molecule has 0 bridgehead atoms. The molecule has 1 aromatic rings. The highest BCUT2D eigenvalue weighted by Crippen LogP contribution is 2.30. The van der Waals surface area contributed by atoms with Gasteiger partial charge in [-0.15, -0.1) is 0 Å². The quantitative estimate of drug-likeness (QED) is 0.706. The molecule has 2 atom stereocenters. The Morgan fingerprint density at radius 2 is 2.33 bits per heavy atom. The Hall–Kier alpha value is -0.900. The van der Waals surface area contributed by atoms with Crippen molar-refractivity contribution in [2.45, 2.75) is 57.8 Å². The number of aryl methyl sites for hydroxylation is 1. The SMILES string of the molecule is CCc1n[nH][n+]2c1COC1CCCCC12. The van der Waals surface area contributed by atoms with Gasteiger partial charge in [-0.1, -0.05) is 18.6 Å². The van der Waals surface area contributed by atoms with E-state index in [2.05, 4.69) is 21.9 Å². The van der Waals surface area contributed by atoms with Crippen LogP contribution in [0.2, 0.25) is 0 Å². The zero-order chi connectivity index (χ0) is 10.3. The summed E-state index contributed by atoms with van der Waals surface area (Å²) in [6.07, 6.45) is 6.47. The first-order chi connectivity index (χ1) is 7.40. The van der Waals surface area contributed by atoms with Crippen LogP contribution in [0.5, 0.6) is 0 Å². The van der Waals surface area contributed by atoms with Gasteiger partial charge in [-0.2, -0.15) is 4.68 Å².